The van der Waals surface area contributed by atoms with Gasteiger partial charge in [-0.05, 0) is 6.42 Å². The van der Waals surface area contributed by atoms with E-state index in [1.807, 2.05) is 4.68 Å². The zero-order chi connectivity index (χ0) is 9.52. The number of carbonyl (C=O) groups is 1. The number of aryl methyl sites for hydroxylation is 1. The number of rotatable bonds is 6. The molecule has 1 heterocycles. The molecule has 0 atom stereocenters. The molecule has 1 rings (SSSR count). The lowest BCUT2D eigenvalue weighted by Gasteiger charge is -1.99. The third-order valence-electron chi connectivity index (χ3n) is 2.03. The smallest absolute Gasteiger partial charge is 0.153 e. The van der Waals surface area contributed by atoms with Gasteiger partial charge in [-0.25, -0.2) is 0 Å². The SMILES string of the molecule is CCCCCCn1cc(C=O)cn1. The van der Waals surface area contributed by atoms with Crippen LogP contribution < -0.4 is 0 Å². The highest BCUT2D eigenvalue weighted by Gasteiger charge is 1.95. The first kappa shape index (κ1) is 9.96. The molecule has 0 bridgehead atoms. The summed E-state index contributed by atoms with van der Waals surface area (Å²) in [7, 11) is 0. The molecule has 0 aliphatic rings. The lowest BCUT2D eigenvalue weighted by Crippen LogP contribution is -1.97. The summed E-state index contributed by atoms with van der Waals surface area (Å²) in [6, 6.07) is 0. The molecule has 0 aliphatic heterocycles. The second kappa shape index (κ2) is 5.51. The first-order valence-electron chi connectivity index (χ1n) is 4.84. The predicted octanol–water partition coefficient (Wildman–Crippen LogP) is 2.28. The number of hydrogen-bond acceptors (Lipinski definition) is 2. The summed E-state index contributed by atoms with van der Waals surface area (Å²) in [6.07, 6.45) is 9.14. The van der Waals surface area contributed by atoms with E-state index in [2.05, 4.69) is 12.0 Å². The summed E-state index contributed by atoms with van der Waals surface area (Å²) in [5, 5.41) is 4.07. The van der Waals surface area contributed by atoms with Gasteiger partial charge in [0.05, 0.1) is 11.8 Å². The van der Waals surface area contributed by atoms with Crippen molar-refractivity contribution in [2.45, 2.75) is 39.2 Å². The molecule has 0 saturated heterocycles. The molecule has 3 heteroatoms. The highest BCUT2D eigenvalue weighted by Crippen LogP contribution is 2.01. The fraction of sp³-hybridized carbons (Fsp3) is 0.600. The maximum absolute atomic E-state index is 10.3. The van der Waals surface area contributed by atoms with Crippen molar-refractivity contribution in [2.24, 2.45) is 0 Å². The first-order valence-corrected chi connectivity index (χ1v) is 4.84. The number of aromatic nitrogens is 2. The van der Waals surface area contributed by atoms with Gasteiger partial charge >= 0.3 is 0 Å². The van der Waals surface area contributed by atoms with E-state index in [4.69, 9.17) is 0 Å². The molecule has 0 saturated carbocycles. The molecule has 1 aromatic heterocycles. The fourth-order valence-electron chi connectivity index (χ4n) is 1.26. The number of hydrogen-bond donors (Lipinski definition) is 0. The lowest BCUT2D eigenvalue weighted by atomic mass is 10.2. The van der Waals surface area contributed by atoms with Crippen LogP contribution in [0.3, 0.4) is 0 Å². The Morgan fingerprint density at radius 3 is 2.92 bits per heavy atom. The maximum Gasteiger partial charge on any atom is 0.153 e. The van der Waals surface area contributed by atoms with Gasteiger partial charge in [-0.15, -0.1) is 0 Å². The quantitative estimate of drug-likeness (QED) is 0.497. The maximum atomic E-state index is 10.3. The summed E-state index contributed by atoms with van der Waals surface area (Å²) in [5.41, 5.74) is 0.662. The summed E-state index contributed by atoms with van der Waals surface area (Å²) in [4.78, 5) is 10.3. The van der Waals surface area contributed by atoms with E-state index in [0.29, 0.717) is 5.56 Å². The molecule has 1 aromatic rings. The van der Waals surface area contributed by atoms with Gasteiger partial charge in [0, 0.05) is 12.7 Å². The van der Waals surface area contributed by atoms with E-state index in [9.17, 15) is 4.79 Å². The van der Waals surface area contributed by atoms with E-state index in [-0.39, 0.29) is 0 Å². The molecule has 0 aliphatic carbocycles. The van der Waals surface area contributed by atoms with Crippen LogP contribution in [-0.2, 0) is 6.54 Å². The molecule has 13 heavy (non-hydrogen) atoms. The number of unbranched alkanes of at least 4 members (excludes halogenated alkanes) is 3. The topological polar surface area (TPSA) is 34.9 Å². The Balaban J connectivity index is 2.24. The molecular formula is C10H16N2O. The van der Waals surface area contributed by atoms with E-state index in [0.717, 1.165) is 19.3 Å². The van der Waals surface area contributed by atoms with E-state index >= 15 is 0 Å². The van der Waals surface area contributed by atoms with Crippen LogP contribution in [0.5, 0.6) is 0 Å². The van der Waals surface area contributed by atoms with Crippen LogP contribution in [0.2, 0.25) is 0 Å². The van der Waals surface area contributed by atoms with Crippen molar-refractivity contribution in [3.8, 4) is 0 Å². The van der Waals surface area contributed by atoms with Gasteiger partial charge < -0.3 is 0 Å². The van der Waals surface area contributed by atoms with Crippen molar-refractivity contribution in [1.82, 2.24) is 9.78 Å². The minimum absolute atomic E-state index is 0.662. The highest BCUT2D eigenvalue weighted by molar-refractivity contribution is 5.73. The normalized spacial score (nSPS) is 10.2. The van der Waals surface area contributed by atoms with Crippen molar-refractivity contribution >= 4 is 6.29 Å². The Kier molecular flexibility index (Phi) is 4.23. The largest absolute Gasteiger partial charge is 0.298 e. The van der Waals surface area contributed by atoms with Crippen LogP contribution in [0.4, 0.5) is 0 Å². The van der Waals surface area contributed by atoms with Crippen LogP contribution in [-0.4, -0.2) is 16.1 Å². The van der Waals surface area contributed by atoms with Gasteiger partial charge in [0.25, 0.3) is 0 Å². The molecule has 72 valence electrons. The van der Waals surface area contributed by atoms with Gasteiger partial charge in [-0.1, -0.05) is 26.2 Å². The summed E-state index contributed by atoms with van der Waals surface area (Å²) in [6.45, 7) is 3.12. The van der Waals surface area contributed by atoms with Crippen molar-refractivity contribution in [1.29, 1.82) is 0 Å². The second-order valence-electron chi connectivity index (χ2n) is 3.22. The molecule has 0 N–H and O–H groups in total. The Morgan fingerprint density at radius 2 is 2.31 bits per heavy atom. The van der Waals surface area contributed by atoms with Crippen LogP contribution in [0.15, 0.2) is 12.4 Å². The molecule has 3 nitrogen and oxygen atoms in total. The zero-order valence-corrected chi connectivity index (χ0v) is 8.07. The Morgan fingerprint density at radius 1 is 1.46 bits per heavy atom. The molecule has 0 amide bonds. The summed E-state index contributed by atoms with van der Waals surface area (Å²) < 4.78 is 1.83. The minimum Gasteiger partial charge on any atom is -0.298 e. The van der Waals surface area contributed by atoms with Crippen molar-refractivity contribution in [3.05, 3.63) is 18.0 Å². The predicted molar refractivity (Wildman–Crippen MR) is 51.8 cm³/mol. The highest BCUT2D eigenvalue weighted by atomic mass is 16.1. The third kappa shape index (κ3) is 3.40. The number of aldehydes is 1. The van der Waals surface area contributed by atoms with E-state index in [1.54, 1.807) is 12.4 Å². The zero-order valence-electron chi connectivity index (χ0n) is 8.07. The third-order valence-corrected chi connectivity index (χ3v) is 2.03. The van der Waals surface area contributed by atoms with Crippen molar-refractivity contribution in [2.75, 3.05) is 0 Å². The molecular weight excluding hydrogens is 164 g/mol. The van der Waals surface area contributed by atoms with Gasteiger partial charge in [0.2, 0.25) is 0 Å². The standard InChI is InChI=1S/C10H16N2O/c1-2-3-4-5-6-12-8-10(9-13)7-11-12/h7-9H,2-6H2,1H3. The summed E-state index contributed by atoms with van der Waals surface area (Å²) in [5.74, 6) is 0. The van der Waals surface area contributed by atoms with Crippen LogP contribution in [0.1, 0.15) is 43.0 Å². The van der Waals surface area contributed by atoms with Crippen molar-refractivity contribution < 1.29 is 4.79 Å². The molecule has 0 radical (unpaired) electrons. The van der Waals surface area contributed by atoms with Gasteiger partial charge in [-0.3, -0.25) is 9.48 Å². The van der Waals surface area contributed by atoms with Crippen LogP contribution in [0.25, 0.3) is 0 Å². The number of carbonyl (C=O) groups excluding carboxylic acids is 1. The lowest BCUT2D eigenvalue weighted by molar-refractivity contribution is 0.112. The van der Waals surface area contributed by atoms with Crippen LogP contribution >= 0.6 is 0 Å². The van der Waals surface area contributed by atoms with Crippen molar-refractivity contribution in [3.63, 3.8) is 0 Å². The number of nitrogens with zero attached hydrogens (tertiary/aromatic N) is 2. The first-order chi connectivity index (χ1) is 6.36. The second-order valence-corrected chi connectivity index (χ2v) is 3.22. The van der Waals surface area contributed by atoms with Gasteiger partial charge in [0.1, 0.15) is 0 Å². The summed E-state index contributed by atoms with van der Waals surface area (Å²) >= 11 is 0. The Hall–Kier alpha value is -1.12. The van der Waals surface area contributed by atoms with E-state index in [1.165, 1.54) is 19.3 Å². The van der Waals surface area contributed by atoms with Crippen LogP contribution in [0, 0.1) is 0 Å². The Bertz CT molecular complexity index is 255. The monoisotopic (exact) mass is 180 g/mol. The van der Waals surface area contributed by atoms with Gasteiger partial charge in [-0.2, -0.15) is 5.10 Å². The van der Waals surface area contributed by atoms with Gasteiger partial charge in [0.15, 0.2) is 6.29 Å². The molecule has 0 aromatic carbocycles. The molecule has 0 spiro atoms. The Labute approximate surface area is 78.8 Å². The molecule has 0 unspecified atom stereocenters. The fourth-order valence-corrected chi connectivity index (χ4v) is 1.26. The molecule has 0 fully saturated rings. The minimum atomic E-state index is 0.662. The average molecular weight is 180 g/mol. The average Bonchev–Trinajstić information content (AvgIpc) is 2.60. The van der Waals surface area contributed by atoms with E-state index < -0.39 is 0 Å².